The number of amides is 4. The Hall–Kier alpha value is -4.89. The summed E-state index contributed by atoms with van der Waals surface area (Å²) in [5.74, 6) is -2.34. The monoisotopic (exact) mass is 759 g/mol. The lowest BCUT2D eigenvalue weighted by atomic mass is 9.88. The first-order valence-corrected chi connectivity index (χ1v) is 17.8. The minimum Gasteiger partial charge on any atom is -0.459 e. The van der Waals surface area contributed by atoms with Crippen molar-refractivity contribution in [2.45, 2.75) is 56.2 Å². The lowest BCUT2D eigenvalue weighted by molar-refractivity contribution is -0.136. The number of nitrogens with zero attached hydrogens (tertiary/aromatic N) is 5. The fraction of sp³-hybridized carbons (Fsp3) is 0.417. The number of ether oxygens (including phenoxy) is 1. The summed E-state index contributed by atoms with van der Waals surface area (Å²) in [4.78, 5) is 81.7. The van der Waals surface area contributed by atoms with Crippen LogP contribution in [0.2, 0.25) is 0 Å². The van der Waals surface area contributed by atoms with Gasteiger partial charge in [0.1, 0.15) is 16.6 Å². The van der Waals surface area contributed by atoms with Crippen molar-refractivity contribution in [1.29, 1.82) is 0 Å². The Kier molecular flexibility index (Phi) is 9.50. The third-order valence-corrected chi connectivity index (χ3v) is 11.0. The van der Waals surface area contributed by atoms with Gasteiger partial charge in [-0.05, 0) is 71.6 Å². The molecule has 3 atom stereocenters. The Balaban J connectivity index is 0.950. The topological polar surface area (TPSA) is 163 Å². The van der Waals surface area contributed by atoms with Crippen molar-refractivity contribution in [3.05, 3.63) is 85.7 Å². The van der Waals surface area contributed by atoms with Gasteiger partial charge in [0.15, 0.2) is 0 Å². The first-order chi connectivity index (χ1) is 24.5. The molecule has 7 rings (SSSR count). The molecule has 2 N–H and O–H groups in total. The standard InChI is InChI=1S/C36H38BrN7O7/c1-41-18-22(16-23(19-41)39-26-17-38-42(2)35(49)31(26)37)20-6-8-21(9-7-20)36(50)51-24-12-14-43(15-13-24)27-5-3-4-25-30(27)34(48)44(33(25)47)28-10-11-29(45)40-32(28)46/h3-9,17,22-24,28,39H,10-16,18-19H2,1-2H3,(H,40,45,46). The zero-order valence-electron chi connectivity index (χ0n) is 28.3. The van der Waals surface area contributed by atoms with Crippen molar-refractivity contribution >= 4 is 56.9 Å². The number of rotatable bonds is 7. The van der Waals surface area contributed by atoms with Gasteiger partial charge in [0.25, 0.3) is 17.4 Å². The van der Waals surface area contributed by atoms with E-state index in [1.165, 1.54) is 4.68 Å². The smallest absolute Gasteiger partial charge is 0.338 e. The van der Waals surface area contributed by atoms with Crippen LogP contribution in [0.5, 0.6) is 0 Å². The first-order valence-electron chi connectivity index (χ1n) is 17.1. The molecule has 3 aromatic rings. The van der Waals surface area contributed by atoms with Crippen LogP contribution in [0.1, 0.15) is 74.7 Å². The molecule has 266 valence electrons. The molecule has 0 spiro atoms. The Morgan fingerprint density at radius 1 is 0.961 bits per heavy atom. The van der Waals surface area contributed by atoms with E-state index in [2.05, 4.69) is 43.6 Å². The molecule has 4 amide bonds. The molecule has 4 aliphatic rings. The predicted molar refractivity (Wildman–Crippen MR) is 190 cm³/mol. The zero-order chi connectivity index (χ0) is 36.0. The van der Waals surface area contributed by atoms with Crippen molar-refractivity contribution in [1.82, 2.24) is 24.9 Å². The van der Waals surface area contributed by atoms with Crippen molar-refractivity contribution in [2.24, 2.45) is 7.05 Å². The van der Waals surface area contributed by atoms with E-state index in [1.807, 2.05) is 17.0 Å². The summed E-state index contributed by atoms with van der Waals surface area (Å²) >= 11 is 3.40. The number of fused-ring (bicyclic) bond motifs is 1. The Morgan fingerprint density at radius 3 is 2.43 bits per heavy atom. The van der Waals surface area contributed by atoms with Gasteiger partial charge in [-0.3, -0.25) is 34.2 Å². The van der Waals surface area contributed by atoms with Crippen LogP contribution in [0.25, 0.3) is 0 Å². The second-order valence-electron chi connectivity index (χ2n) is 13.7. The third kappa shape index (κ3) is 6.79. The molecule has 4 aliphatic heterocycles. The molecule has 15 heteroatoms. The number of anilines is 2. The molecule has 2 aromatic carbocycles. The highest BCUT2D eigenvalue weighted by atomic mass is 79.9. The van der Waals surface area contributed by atoms with Crippen LogP contribution in [0, 0.1) is 0 Å². The molecule has 3 saturated heterocycles. The molecule has 51 heavy (non-hydrogen) atoms. The van der Waals surface area contributed by atoms with Crippen molar-refractivity contribution in [3.8, 4) is 0 Å². The van der Waals surface area contributed by atoms with Gasteiger partial charge in [-0.25, -0.2) is 9.48 Å². The number of aryl methyl sites for hydroxylation is 1. The van der Waals surface area contributed by atoms with Crippen molar-refractivity contribution < 1.29 is 28.7 Å². The molecule has 3 unspecified atom stereocenters. The summed E-state index contributed by atoms with van der Waals surface area (Å²) in [6, 6.07) is 11.7. The molecule has 0 saturated carbocycles. The summed E-state index contributed by atoms with van der Waals surface area (Å²) in [5, 5.41) is 9.83. The molecule has 0 bridgehead atoms. The number of halogens is 1. The Labute approximate surface area is 302 Å². The van der Waals surface area contributed by atoms with E-state index in [0.29, 0.717) is 47.3 Å². The number of carbonyl (C=O) groups is 5. The van der Waals surface area contributed by atoms with Crippen LogP contribution in [0.4, 0.5) is 11.4 Å². The number of piperidine rings is 3. The molecule has 0 radical (unpaired) electrons. The number of carbonyl (C=O) groups excluding carboxylic acids is 5. The van der Waals surface area contributed by atoms with Crippen LogP contribution in [0.15, 0.2) is 57.9 Å². The average molecular weight is 761 g/mol. The van der Waals surface area contributed by atoms with Gasteiger partial charge in [0.05, 0.1) is 34.3 Å². The Bertz CT molecular complexity index is 1970. The summed E-state index contributed by atoms with van der Waals surface area (Å²) in [5.41, 5.74) is 3.12. The molecular formula is C36H38BrN7O7. The van der Waals surface area contributed by atoms with Gasteiger partial charge in [-0.15, -0.1) is 0 Å². The fourth-order valence-corrected chi connectivity index (χ4v) is 8.06. The van der Waals surface area contributed by atoms with Crippen LogP contribution in [-0.4, -0.2) is 101 Å². The molecular weight excluding hydrogens is 722 g/mol. The van der Waals surface area contributed by atoms with E-state index in [0.717, 1.165) is 30.0 Å². The highest BCUT2D eigenvalue weighted by Gasteiger charge is 2.46. The van der Waals surface area contributed by atoms with Crippen LogP contribution < -0.4 is 21.1 Å². The highest BCUT2D eigenvalue weighted by molar-refractivity contribution is 9.10. The minimum absolute atomic E-state index is 0.0557. The lowest BCUT2D eigenvalue weighted by Crippen LogP contribution is -2.54. The summed E-state index contributed by atoms with van der Waals surface area (Å²) < 4.78 is 7.63. The van der Waals surface area contributed by atoms with E-state index < -0.39 is 35.6 Å². The van der Waals surface area contributed by atoms with Crippen molar-refractivity contribution in [2.75, 3.05) is 43.4 Å². The number of imide groups is 2. The van der Waals surface area contributed by atoms with E-state index in [-0.39, 0.29) is 47.6 Å². The van der Waals surface area contributed by atoms with Gasteiger partial charge < -0.3 is 19.9 Å². The zero-order valence-corrected chi connectivity index (χ0v) is 29.8. The largest absolute Gasteiger partial charge is 0.459 e. The van der Waals surface area contributed by atoms with Crippen LogP contribution in [0.3, 0.4) is 0 Å². The maximum atomic E-state index is 13.6. The van der Waals surface area contributed by atoms with Gasteiger partial charge in [-0.2, -0.15) is 5.10 Å². The van der Waals surface area contributed by atoms with Crippen LogP contribution in [-0.2, 0) is 21.4 Å². The fourth-order valence-electron chi connectivity index (χ4n) is 7.58. The number of hydrogen-bond donors (Lipinski definition) is 2. The second-order valence-corrected chi connectivity index (χ2v) is 14.4. The first kappa shape index (κ1) is 34.6. The molecule has 5 heterocycles. The summed E-state index contributed by atoms with van der Waals surface area (Å²) in [7, 11) is 3.67. The van der Waals surface area contributed by atoms with E-state index in [4.69, 9.17) is 4.74 Å². The maximum absolute atomic E-state index is 13.6. The molecule has 14 nitrogen and oxygen atoms in total. The number of hydrogen-bond acceptors (Lipinski definition) is 11. The molecule has 3 fully saturated rings. The average Bonchev–Trinajstić information content (AvgIpc) is 3.37. The van der Waals surface area contributed by atoms with Crippen LogP contribution >= 0.6 is 15.9 Å². The number of likely N-dealkylation sites (N-methyl/N-ethyl adjacent to an activating group) is 1. The Morgan fingerprint density at radius 2 is 1.71 bits per heavy atom. The van der Waals surface area contributed by atoms with E-state index >= 15 is 0 Å². The van der Waals surface area contributed by atoms with E-state index in [9.17, 15) is 28.8 Å². The molecule has 1 aromatic heterocycles. The number of nitrogens with one attached hydrogen (secondary N) is 2. The quantitative estimate of drug-likeness (QED) is 0.269. The number of aromatic nitrogens is 2. The lowest BCUT2D eigenvalue weighted by Gasteiger charge is -2.37. The summed E-state index contributed by atoms with van der Waals surface area (Å²) in [6.45, 7) is 2.67. The summed E-state index contributed by atoms with van der Waals surface area (Å²) in [6.07, 6.45) is 3.40. The molecule has 0 aliphatic carbocycles. The second kappa shape index (κ2) is 14.0. The predicted octanol–water partition coefficient (Wildman–Crippen LogP) is 2.67. The normalized spacial score (nSPS) is 22.9. The van der Waals surface area contributed by atoms with E-state index in [1.54, 1.807) is 43.6 Å². The van der Waals surface area contributed by atoms with Crippen molar-refractivity contribution in [3.63, 3.8) is 0 Å². The van der Waals surface area contributed by atoms with Gasteiger partial charge >= 0.3 is 5.97 Å². The minimum atomic E-state index is -1.03. The van der Waals surface area contributed by atoms with Gasteiger partial charge in [0, 0.05) is 58.5 Å². The SMILES string of the molecule is CN1CC(Nc2cnn(C)c(=O)c2Br)CC(c2ccc(C(=O)OC3CCN(c4cccc5c4C(=O)N(C4CCC(=O)NC4=O)C5=O)CC3)cc2)C1. The highest BCUT2D eigenvalue weighted by Crippen LogP contribution is 2.36. The number of benzene rings is 2. The van der Waals surface area contributed by atoms with Gasteiger partial charge in [0.2, 0.25) is 11.8 Å². The number of likely N-dealkylation sites (tertiary alicyclic amines) is 1. The third-order valence-electron chi connectivity index (χ3n) is 10.2. The number of esters is 1. The van der Waals surface area contributed by atoms with Gasteiger partial charge in [-0.1, -0.05) is 18.2 Å². The maximum Gasteiger partial charge on any atom is 0.338 e.